The van der Waals surface area contributed by atoms with Crippen LogP contribution < -0.4 is 5.32 Å². The minimum absolute atomic E-state index is 0.208. The Morgan fingerprint density at radius 3 is 2.35 bits per heavy atom. The fourth-order valence-corrected chi connectivity index (χ4v) is 2.85. The average Bonchev–Trinajstić information content (AvgIpc) is 2.45. The average molecular weight is 328 g/mol. The van der Waals surface area contributed by atoms with E-state index in [0.29, 0.717) is 12.0 Å². The van der Waals surface area contributed by atoms with Gasteiger partial charge >= 0.3 is 6.09 Å². The number of ether oxygens (including phenoxy) is 2. The van der Waals surface area contributed by atoms with Crippen molar-refractivity contribution in [2.24, 2.45) is 5.92 Å². The molecule has 1 rings (SSSR count). The molecule has 136 valence electrons. The van der Waals surface area contributed by atoms with Crippen molar-refractivity contribution in [2.45, 2.75) is 78.6 Å². The maximum Gasteiger partial charge on any atom is 0.410 e. The predicted molar refractivity (Wildman–Crippen MR) is 93.7 cm³/mol. The van der Waals surface area contributed by atoms with Crippen molar-refractivity contribution in [3.8, 4) is 0 Å². The summed E-state index contributed by atoms with van der Waals surface area (Å²) in [4.78, 5) is 13.8. The summed E-state index contributed by atoms with van der Waals surface area (Å²) in [5, 5.41) is 3.55. The lowest BCUT2D eigenvalue weighted by atomic mass is 10.0. The van der Waals surface area contributed by atoms with Gasteiger partial charge in [0.1, 0.15) is 5.60 Å². The number of rotatable bonds is 7. The van der Waals surface area contributed by atoms with Crippen molar-refractivity contribution in [1.82, 2.24) is 10.2 Å². The summed E-state index contributed by atoms with van der Waals surface area (Å²) >= 11 is 0. The number of carbonyl (C=O) groups is 1. The van der Waals surface area contributed by atoms with Crippen molar-refractivity contribution in [3.05, 3.63) is 0 Å². The van der Waals surface area contributed by atoms with E-state index in [1.807, 2.05) is 20.8 Å². The quantitative estimate of drug-likeness (QED) is 0.728. The maximum absolute atomic E-state index is 12.0. The van der Waals surface area contributed by atoms with Crippen LogP contribution in [0.25, 0.3) is 0 Å². The van der Waals surface area contributed by atoms with E-state index in [9.17, 15) is 4.79 Å². The van der Waals surface area contributed by atoms with E-state index >= 15 is 0 Å². The Morgan fingerprint density at radius 2 is 1.87 bits per heavy atom. The molecule has 0 bridgehead atoms. The number of piperidine rings is 1. The third-order valence-corrected chi connectivity index (χ3v) is 4.20. The minimum atomic E-state index is -0.428. The number of likely N-dealkylation sites (tertiary alicyclic amines) is 1. The van der Waals surface area contributed by atoms with Crippen LogP contribution in [0.1, 0.15) is 60.8 Å². The molecule has 1 N–H and O–H groups in total. The molecular formula is C18H36N2O3. The Morgan fingerprint density at radius 1 is 1.26 bits per heavy atom. The molecule has 1 unspecified atom stereocenters. The van der Waals surface area contributed by atoms with Gasteiger partial charge in [0, 0.05) is 25.7 Å². The van der Waals surface area contributed by atoms with E-state index in [1.165, 1.54) is 0 Å². The monoisotopic (exact) mass is 328 g/mol. The third-order valence-electron chi connectivity index (χ3n) is 4.20. The van der Waals surface area contributed by atoms with Crippen molar-refractivity contribution in [1.29, 1.82) is 0 Å². The molecule has 23 heavy (non-hydrogen) atoms. The fraction of sp³-hybridized carbons (Fsp3) is 0.944. The zero-order valence-corrected chi connectivity index (χ0v) is 15.9. The lowest BCUT2D eigenvalue weighted by Gasteiger charge is -2.33. The van der Waals surface area contributed by atoms with E-state index in [1.54, 1.807) is 4.90 Å². The van der Waals surface area contributed by atoms with E-state index in [-0.39, 0.29) is 12.2 Å². The molecule has 1 fully saturated rings. The van der Waals surface area contributed by atoms with Crippen molar-refractivity contribution < 1.29 is 14.3 Å². The SMILES string of the molecule is CCC(NCCOC1CCN(C(=O)OC(C)(C)C)CC1)C(C)C. The molecule has 0 aromatic heterocycles. The Labute approximate surface area is 142 Å². The smallest absolute Gasteiger partial charge is 0.410 e. The Bertz CT molecular complexity index is 345. The first-order valence-corrected chi connectivity index (χ1v) is 9.05. The highest BCUT2D eigenvalue weighted by Gasteiger charge is 2.27. The lowest BCUT2D eigenvalue weighted by Crippen LogP contribution is -2.44. The zero-order chi connectivity index (χ0) is 17.5. The number of hydrogen-bond acceptors (Lipinski definition) is 4. The molecule has 0 aromatic rings. The van der Waals surface area contributed by atoms with Crippen LogP contribution in [0.15, 0.2) is 0 Å². The summed E-state index contributed by atoms with van der Waals surface area (Å²) in [6.45, 7) is 15.5. The summed E-state index contributed by atoms with van der Waals surface area (Å²) in [6, 6.07) is 0.563. The van der Waals surface area contributed by atoms with Gasteiger partial charge in [-0.1, -0.05) is 20.8 Å². The van der Waals surface area contributed by atoms with Gasteiger partial charge in [-0.05, 0) is 46.0 Å². The van der Waals surface area contributed by atoms with Crippen LogP contribution in [0, 0.1) is 5.92 Å². The second kappa shape index (κ2) is 9.48. The normalized spacial score (nSPS) is 18.3. The van der Waals surface area contributed by atoms with E-state index in [4.69, 9.17) is 9.47 Å². The molecule has 0 spiro atoms. The molecule has 5 heteroatoms. The summed E-state index contributed by atoms with van der Waals surface area (Å²) in [5.41, 5.74) is -0.428. The zero-order valence-electron chi connectivity index (χ0n) is 15.9. The van der Waals surface area contributed by atoms with Gasteiger partial charge in [-0.2, -0.15) is 0 Å². The lowest BCUT2D eigenvalue weighted by molar-refractivity contribution is -0.0109. The van der Waals surface area contributed by atoms with E-state index in [2.05, 4.69) is 26.1 Å². The molecule has 0 aliphatic carbocycles. The highest BCUT2D eigenvalue weighted by Crippen LogP contribution is 2.17. The van der Waals surface area contributed by atoms with Gasteiger partial charge in [-0.3, -0.25) is 0 Å². The molecular weight excluding hydrogens is 292 g/mol. The molecule has 1 amide bonds. The number of hydrogen-bond donors (Lipinski definition) is 1. The van der Waals surface area contributed by atoms with E-state index < -0.39 is 5.60 Å². The fourth-order valence-electron chi connectivity index (χ4n) is 2.85. The predicted octanol–water partition coefficient (Wildman–Crippen LogP) is 3.43. The van der Waals surface area contributed by atoms with Crippen LogP contribution in [0.2, 0.25) is 0 Å². The van der Waals surface area contributed by atoms with Crippen LogP contribution >= 0.6 is 0 Å². The van der Waals surface area contributed by atoms with Gasteiger partial charge in [0.15, 0.2) is 0 Å². The van der Waals surface area contributed by atoms with Crippen LogP contribution in [0.5, 0.6) is 0 Å². The molecule has 0 saturated carbocycles. The Hall–Kier alpha value is -0.810. The van der Waals surface area contributed by atoms with Crippen molar-refractivity contribution >= 4 is 6.09 Å². The van der Waals surface area contributed by atoms with Crippen LogP contribution in [-0.4, -0.2) is 55.0 Å². The first-order chi connectivity index (χ1) is 10.7. The molecule has 0 radical (unpaired) electrons. The first-order valence-electron chi connectivity index (χ1n) is 9.05. The molecule has 1 heterocycles. The highest BCUT2D eigenvalue weighted by atomic mass is 16.6. The molecule has 1 saturated heterocycles. The molecule has 1 aliphatic rings. The van der Waals surface area contributed by atoms with Crippen LogP contribution in [0.3, 0.4) is 0 Å². The van der Waals surface area contributed by atoms with Crippen molar-refractivity contribution in [2.75, 3.05) is 26.2 Å². The number of amides is 1. The topological polar surface area (TPSA) is 50.8 Å². The van der Waals surface area contributed by atoms with Crippen LogP contribution in [-0.2, 0) is 9.47 Å². The Kier molecular flexibility index (Phi) is 8.34. The standard InChI is InChI=1S/C18H36N2O3/c1-7-16(14(2)3)19-10-13-22-15-8-11-20(12-9-15)17(21)23-18(4,5)6/h14-16,19H,7-13H2,1-6H3. The van der Waals surface area contributed by atoms with E-state index in [0.717, 1.165) is 45.5 Å². The first kappa shape index (κ1) is 20.2. The number of nitrogens with one attached hydrogen (secondary N) is 1. The molecule has 5 nitrogen and oxygen atoms in total. The summed E-state index contributed by atoms with van der Waals surface area (Å²) in [6.07, 6.45) is 2.97. The maximum atomic E-state index is 12.0. The van der Waals surface area contributed by atoms with Gasteiger partial charge in [-0.25, -0.2) is 4.79 Å². The van der Waals surface area contributed by atoms with Gasteiger partial charge in [0.25, 0.3) is 0 Å². The third kappa shape index (κ3) is 8.02. The van der Waals surface area contributed by atoms with Gasteiger partial charge in [-0.15, -0.1) is 0 Å². The molecule has 1 aliphatic heterocycles. The largest absolute Gasteiger partial charge is 0.444 e. The highest BCUT2D eigenvalue weighted by molar-refractivity contribution is 5.68. The van der Waals surface area contributed by atoms with Crippen LogP contribution in [0.4, 0.5) is 4.79 Å². The second-order valence-electron chi connectivity index (χ2n) is 7.75. The molecule has 0 aromatic carbocycles. The summed E-state index contributed by atoms with van der Waals surface area (Å²) < 4.78 is 11.4. The van der Waals surface area contributed by atoms with Gasteiger partial charge < -0.3 is 19.7 Å². The summed E-state index contributed by atoms with van der Waals surface area (Å²) in [7, 11) is 0. The second-order valence-corrected chi connectivity index (χ2v) is 7.75. The van der Waals surface area contributed by atoms with Crippen molar-refractivity contribution in [3.63, 3.8) is 0 Å². The molecule has 1 atom stereocenters. The number of nitrogens with zero attached hydrogens (tertiary/aromatic N) is 1. The number of carbonyl (C=O) groups excluding carboxylic acids is 1. The summed E-state index contributed by atoms with van der Waals surface area (Å²) in [5.74, 6) is 0.650. The van der Waals surface area contributed by atoms with Gasteiger partial charge in [0.2, 0.25) is 0 Å². The van der Waals surface area contributed by atoms with Gasteiger partial charge in [0.05, 0.1) is 12.7 Å². The Balaban J connectivity index is 2.18. The minimum Gasteiger partial charge on any atom is -0.444 e.